The average molecular weight is 494 g/mol. The van der Waals surface area contributed by atoms with Crippen molar-refractivity contribution in [3.63, 3.8) is 0 Å². The van der Waals surface area contributed by atoms with Crippen LogP contribution in [0.1, 0.15) is 63.1 Å². The third kappa shape index (κ3) is 6.64. The van der Waals surface area contributed by atoms with Gasteiger partial charge in [-0.15, -0.1) is 0 Å². The molecule has 2 N–H and O–H groups in total. The summed E-state index contributed by atoms with van der Waals surface area (Å²) in [6.45, 7) is 2.09. The average Bonchev–Trinajstić information content (AvgIpc) is 2.78. The summed E-state index contributed by atoms with van der Waals surface area (Å²) in [5.41, 5.74) is 1.12. The van der Waals surface area contributed by atoms with E-state index in [0.29, 0.717) is 31.4 Å². The predicted molar refractivity (Wildman–Crippen MR) is 126 cm³/mol. The van der Waals surface area contributed by atoms with Crippen molar-refractivity contribution in [2.24, 2.45) is 5.92 Å². The normalized spacial score (nSPS) is 17.9. The van der Waals surface area contributed by atoms with E-state index in [9.17, 15) is 22.8 Å². The number of aryl methyl sites for hydroxylation is 1. The van der Waals surface area contributed by atoms with Crippen LogP contribution in [0.3, 0.4) is 0 Å². The highest BCUT2D eigenvalue weighted by molar-refractivity contribution is 6.03. The number of carboxylic acid groups (broad SMARTS) is 1. The van der Waals surface area contributed by atoms with Crippen LogP contribution in [-0.2, 0) is 4.79 Å². The summed E-state index contributed by atoms with van der Waals surface area (Å²) < 4.78 is 44.5. The lowest BCUT2D eigenvalue weighted by Crippen LogP contribution is -2.45. The molecule has 7 nitrogen and oxygen atoms in total. The van der Waals surface area contributed by atoms with Crippen molar-refractivity contribution in [3.05, 3.63) is 47.4 Å². The van der Waals surface area contributed by atoms with Gasteiger partial charge in [0, 0.05) is 24.2 Å². The molecule has 0 bridgehead atoms. The summed E-state index contributed by atoms with van der Waals surface area (Å²) in [4.78, 5) is 30.0. The number of carboxylic acids is 1. The zero-order valence-corrected chi connectivity index (χ0v) is 19.9. The van der Waals surface area contributed by atoms with Crippen LogP contribution in [0.5, 0.6) is 5.88 Å². The largest absolute Gasteiger partial charge is 0.481 e. The minimum Gasteiger partial charge on any atom is -0.481 e. The molecule has 1 fully saturated rings. The second-order valence-electron chi connectivity index (χ2n) is 9.07. The van der Waals surface area contributed by atoms with E-state index in [1.807, 2.05) is 32.0 Å². The zero-order valence-electron chi connectivity index (χ0n) is 19.9. The number of amides is 2. The number of anilines is 2. The molecule has 190 valence electrons. The van der Waals surface area contributed by atoms with Gasteiger partial charge in [0.05, 0.1) is 5.69 Å². The Labute approximate surface area is 202 Å². The van der Waals surface area contributed by atoms with Crippen molar-refractivity contribution >= 4 is 23.4 Å². The first kappa shape index (κ1) is 26.3. The highest BCUT2D eigenvalue weighted by Gasteiger charge is 2.33. The van der Waals surface area contributed by atoms with Gasteiger partial charge in [-0.25, -0.2) is 14.2 Å². The number of para-hydroxylation sites is 1. The lowest BCUT2D eigenvalue weighted by atomic mass is 9.83. The van der Waals surface area contributed by atoms with Gasteiger partial charge in [0.15, 0.2) is 0 Å². The number of halogens is 3. The Balaban J connectivity index is 1.96. The van der Waals surface area contributed by atoms with Crippen LogP contribution >= 0.6 is 0 Å². The molecule has 0 aliphatic heterocycles. The molecule has 0 unspecified atom stereocenters. The highest BCUT2D eigenvalue weighted by atomic mass is 19.3. The Bertz CT molecular complexity index is 1060. The predicted octanol–water partition coefficient (Wildman–Crippen LogP) is 6.33. The lowest BCUT2D eigenvalue weighted by Gasteiger charge is -2.38. The molecule has 1 heterocycles. The summed E-state index contributed by atoms with van der Waals surface area (Å²) in [7, 11) is 0. The lowest BCUT2D eigenvalue weighted by molar-refractivity contribution is -0.138. The fourth-order valence-electron chi connectivity index (χ4n) is 4.52. The third-order valence-corrected chi connectivity index (χ3v) is 6.24. The van der Waals surface area contributed by atoms with Crippen molar-refractivity contribution in [3.8, 4) is 5.88 Å². The van der Waals surface area contributed by atoms with E-state index < -0.39 is 30.3 Å². The first-order chi connectivity index (χ1) is 16.6. The van der Waals surface area contributed by atoms with Crippen LogP contribution < -0.4 is 15.0 Å². The molecule has 1 saturated carbocycles. The molecular formula is C25H30F3N3O4. The van der Waals surface area contributed by atoms with Crippen LogP contribution in [0.2, 0.25) is 0 Å². The van der Waals surface area contributed by atoms with Gasteiger partial charge in [-0.2, -0.15) is 8.78 Å². The maximum atomic E-state index is 14.2. The molecule has 3 rings (SSSR count). The number of alkyl halides is 2. The smallest absolute Gasteiger partial charge is 0.388 e. The summed E-state index contributed by atoms with van der Waals surface area (Å²) in [6, 6.07) is 7.40. The van der Waals surface area contributed by atoms with Gasteiger partial charge in [0.2, 0.25) is 5.88 Å². The van der Waals surface area contributed by atoms with Crippen molar-refractivity contribution in [1.82, 2.24) is 4.98 Å². The number of pyridine rings is 1. The Morgan fingerprint density at radius 2 is 1.86 bits per heavy atom. The number of nitrogens with zero attached hydrogens (tertiary/aromatic N) is 2. The summed E-state index contributed by atoms with van der Waals surface area (Å²) >= 11 is 0. The van der Waals surface area contributed by atoms with Gasteiger partial charge < -0.3 is 15.2 Å². The molecular weight excluding hydrogens is 463 g/mol. The topological polar surface area (TPSA) is 91.8 Å². The molecule has 35 heavy (non-hydrogen) atoms. The first-order valence-corrected chi connectivity index (χ1v) is 11.6. The Kier molecular flexibility index (Phi) is 8.58. The maximum absolute atomic E-state index is 14.2. The molecule has 2 aromatic rings. The standard InChI is InChI=1S/C25H30F3N3O4/c1-14(2)18-6-4-5-7-21(18)31(17-10-8-16(9-11-17)12-22(32)33)25(34)30-20-13-19(26)15(3)29-23(20)35-24(27)28/h4-7,13-14,16-17,24H,8-12H2,1-3H3,(H,30,34)(H,32,33). The van der Waals surface area contributed by atoms with Gasteiger partial charge in [0.1, 0.15) is 11.5 Å². The van der Waals surface area contributed by atoms with E-state index in [1.54, 1.807) is 11.0 Å². The van der Waals surface area contributed by atoms with Gasteiger partial charge >= 0.3 is 18.6 Å². The molecule has 1 aliphatic rings. The Morgan fingerprint density at radius 1 is 1.20 bits per heavy atom. The molecule has 10 heteroatoms. The fraction of sp³-hybridized carbons (Fsp3) is 0.480. The van der Waals surface area contributed by atoms with E-state index in [-0.39, 0.29) is 35.7 Å². The second kappa shape index (κ2) is 11.4. The molecule has 1 aliphatic carbocycles. The highest BCUT2D eigenvalue weighted by Crippen LogP contribution is 2.36. The van der Waals surface area contributed by atoms with Crippen LogP contribution in [-0.4, -0.2) is 34.7 Å². The number of benzene rings is 1. The minimum absolute atomic E-state index is 0.0236. The van der Waals surface area contributed by atoms with E-state index in [4.69, 9.17) is 5.11 Å². The number of carbonyl (C=O) groups excluding carboxylic acids is 1. The van der Waals surface area contributed by atoms with Crippen LogP contribution in [0.4, 0.5) is 29.3 Å². The molecule has 0 saturated heterocycles. The first-order valence-electron chi connectivity index (χ1n) is 11.6. The van der Waals surface area contributed by atoms with E-state index >= 15 is 0 Å². The number of carbonyl (C=O) groups is 2. The van der Waals surface area contributed by atoms with E-state index in [2.05, 4.69) is 15.0 Å². The maximum Gasteiger partial charge on any atom is 0.388 e. The van der Waals surface area contributed by atoms with Gasteiger partial charge in [0.25, 0.3) is 0 Å². The van der Waals surface area contributed by atoms with Crippen LogP contribution in [0, 0.1) is 18.7 Å². The number of aliphatic carboxylic acids is 1. The van der Waals surface area contributed by atoms with Crippen molar-refractivity contribution in [1.29, 1.82) is 0 Å². The van der Waals surface area contributed by atoms with Gasteiger partial charge in [-0.1, -0.05) is 32.0 Å². The SMILES string of the molecule is Cc1nc(OC(F)F)c(NC(=O)N(c2ccccc2C(C)C)C2CCC(CC(=O)O)CC2)cc1F. The zero-order chi connectivity index (χ0) is 25.7. The quantitative estimate of drug-likeness (QED) is 0.449. The number of aromatic nitrogens is 1. The fourth-order valence-corrected chi connectivity index (χ4v) is 4.52. The number of rotatable bonds is 8. The van der Waals surface area contributed by atoms with Crippen LogP contribution in [0.25, 0.3) is 0 Å². The number of nitrogens with one attached hydrogen (secondary N) is 1. The number of ether oxygens (including phenoxy) is 1. The van der Waals surface area contributed by atoms with Gasteiger partial charge in [-0.3, -0.25) is 9.69 Å². The molecule has 0 atom stereocenters. The summed E-state index contributed by atoms with van der Waals surface area (Å²) in [5, 5.41) is 11.6. The number of urea groups is 1. The minimum atomic E-state index is -3.20. The van der Waals surface area contributed by atoms with E-state index in [0.717, 1.165) is 11.6 Å². The Morgan fingerprint density at radius 3 is 2.46 bits per heavy atom. The molecule has 0 spiro atoms. The third-order valence-electron chi connectivity index (χ3n) is 6.24. The van der Waals surface area contributed by atoms with Crippen molar-refractivity contribution in [2.45, 2.75) is 71.4 Å². The second-order valence-corrected chi connectivity index (χ2v) is 9.07. The van der Waals surface area contributed by atoms with E-state index in [1.165, 1.54) is 6.92 Å². The monoisotopic (exact) mass is 493 g/mol. The molecule has 1 aromatic carbocycles. The van der Waals surface area contributed by atoms with Crippen LogP contribution in [0.15, 0.2) is 30.3 Å². The summed E-state index contributed by atoms with van der Waals surface area (Å²) in [6.07, 6.45) is 2.47. The van der Waals surface area contributed by atoms with Crippen molar-refractivity contribution < 1.29 is 32.6 Å². The number of hydrogen-bond acceptors (Lipinski definition) is 4. The molecule has 1 aromatic heterocycles. The molecule has 0 radical (unpaired) electrons. The summed E-state index contributed by atoms with van der Waals surface area (Å²) in [5.74, 6) is -2.09. The van der Waals surface area contributed by atoms with Crippen molar-refractivity contribution in [2.75, 3.05) is 10.2 Å². The molecule has 2 amide bonds. The van der Waals surface area contributed by atoms with Gasteiger partial charge in [-0.05, 0) is 56.1 Å². The Hall–Kier alpha value is -3.30. The number of hydrogen-bond donors (Lipinski definition) is 2.